The van der Waals surface area contributed by atoms with E-state index in [1.807, 2.05) is 54.3 Å². The lowest BCUT2D eigenvalue weighted by atomic mass is 9.78. The summed E-state index contributed by atoms with van der Waals surface area (Å²) < 4.78 is 11.9. The highest BCUT2D eigenvalue weighted by molar-refractivity contribution is 5.94. The first kappa shape index (κ1) is 20.9. The summed E-state index contributed by atoms with van der Waals surface area (Å²) in [6.07, 6.45) is 3.68. The number of hydrogen-bond acceptors (Lipinski definition) is 4. The number of likely N-dealkylation sites (tertiary alicyclic amines) is 1. The van der Waals surface area contributed by atoms with Gasteiger partial charge in [0.15, 0.2) is 0 Å². The molecule has 30 heavy (non-hydrogen) atoms. The van der Waals surface area contributed by atoms with E-state index < -0.39 is 5.60 Å². The van der Waals surface area contributed by atoms with Crippen molar-refractivity contribution in [3.63, 3.8) is 0 Å². The number of amides is 1. The smallest absolute Gasteiger partial charge is 0.253 e. The highest BCUT2D eigenvalue weighted by Gasteiger charge is 2.44. The predicted octanol–water partition coefficient (Wildman–Crippen LogP) is 3.84. The molecule has 1 unspecified atom stereocenters. The first-order chi connectivity index (χ1) is 14.4. The van der Waals surface area contributed by atoms with Crippen molar-refractivity contribution in [3.05, 3.63) is 65.7 Å². The molecule has 2 aliphatic heterocycles. The second-order valence-electron chi connectivity index (χ2n) is 8.86. The third-order valence-electron chi connectivity index (χ3n) is 6.30. The van der Waals surface area contributed by atoms with E-state index in [9.17, 15) is 9.90 Å². The second kappa shape index (κ2) is 8.78. The Morgan fingerprint density at radius 3 is 2.60 bits per heavy atom. The Kier molecular flexibility index (Phi) is 6.11. The lowest BCUT2D eigenvalue weighted by Gasteiger charge is -2.48. The van der Waals surface area contributed by atoms with Crippen LogP contribution in [0.1, 0.15) is 48.5 Å². The van der Waals surface area contributed by atoms with Crippen LogP contribution in [0.2, 0.25) is 0 Å². The minimum Gasteiger partial charge on any atom is -0.493 e. The molecule has 2 heterocycles. The van der Waals surface area contributed by atoms with Crippen LogP contribution in [-0.4, -0.2) is 53.4 Å². The summed E-state index contributed by atoms with van der Waals surface area (Å²) in [7, 11) is 0. The van der Waals surface area contributed by atoms with E-state index in [4.69, 9.17) is 9.47 Å². The number of ether oxygens (including phenoxy) is 2. The predicted molar refractivity (Wildman–Crippen MR) is 116 cm³/mol. The van der Waals surface area contributed by atoms with Gasteiger partial charge in [0.05, 0.1) is 24.4 Å². The summed E-state index contributed by atoms with van der Waals surface area (Å²) in [5, 5.41) is 10.4. The van der Waals surface area contributed by atoms with Crippen molar-refractivity contribution in [1.82, 2.24) is 4.90 Å². The Morgan fingerprint density at radius 1 is 1.10 bits per heavy atom. The van der Waals surface area contributed by atoms with E-state index in [-0.39, 0.29) is 11.5 Å². The van der Waals surface area contributed by atoms with Gasteiger partial charge in [-0.05, 0) is 49.9 Å². The molecule has 1 amide bonds. The number of rotatable bonds is 5. The summed E-state index contributed by atoms with van der Waals surface area (Å²) in [5.74, 6) is 0.748. The van der Waals surface area contributed by atoms with Gasteiger partial charge in [-0.15, -0.1) is 0 Å². The number of aliphatic hydroxyl groups is 1. The number of carbonyl (C=O) groups excluding carboxylic acids is 1. The third kappa shape index (κ3) is 5.02. The maximum atomic E-state index is 13.0. The Balaban J connectivity index is 1.32. The van der Waals surface area contributed by atoms with Crippen molar-refractivity contribution >= 4 is 5.91 Å². The van der Waals surface area contributed by atoms with Gasteiger partial charge >= 0.3 is 0 Å². The third-order valence-corrected chi connectivity index (χ3v) is 6.30. The van der Waals surface area contributed by atoms with E-state index in [1.165, 1.54) is 5.56 Å². The largest absolute Gasteiger partial charge is 0.493 e. The zero-order chi connectivity index (χ0) is 21.0. The summed E-state index contributed by atoms with van der Waals surface area (Å²) in [4.78, 5) is 14.9. The molecule has 4 rings (SSSR count). The van der Waals surface area contributed by atoms with Crippen molar-refractivity contribution in [2.75, 3.05) is 26.3 Å². The van der Waals surface area contributed by atoms with Crippen molar-refractivity contribution in [2.24, 2.45) is 0 Å². The topological polar surface area (TPSA) is 59.0 Å². The standard InChI is InChI=1S/C25H31NO4/c1-24(28)13-17-30-25(19-24)11-14-26(15-12-25)23(27)21-8-5-9-22(18-21)29-16-10-20-6-3-2-4-7-20/h2-9,18,28H,10-17,19H2,1H3. The molecule has 0 radical (unpaired) electrons. The number of hydrogen-bond donors (Lipinski definition) is 1. The van der Waals surface area contributed by atoms with Gasteiger partial charge in [-0.1, -0.05) is 36.4 Å². The minimum absolute atomic E-state index is 0.0286. The van der Waals surface area contributed by atoms with E-state index in [1.54, 1.807) is 0 Å². The molecule has 0 saturated carbocycles. The van der Waals surface area contributed by atoms with E-state index in [0.717, 1.165) is 25.0 Å². The Morgan fingerprint density at radius 2 is 1.87 bits per heavy atom. The van der Waals surface area contributed by atoms with Gasteiger partial charge < -0.3 is 19.5 Å². The summed E-state index contributed by atoms with van der Waals surface area (Å²) >= 11 is 0. The summed E-state index contributed by atoms with van der Waals surface area (Å²) in [6, 6.07) is 17.7. The van der Waals surface area contributed by atoms with Gasteiger partial charge in [0.2, 0.25) is 0 Å². The molecule has 1 atom stereocenters. The van der Waals surface area contributed by atoms with Crippen LogP contribution in [-0.2, 0) is 11.2 Å². The highest BCUT2D eigenvalue weighted by Crippen LogP contribution is 2.39. The molecule has 2 fully saturated rings. The van der Waals surface area contributed by atoms with E-state index in [0.29, 0.717) is 44.7 Å². The van der Waals surface area contributed by atoms with Crippen LogP contribution in [0.15, 0.2) is 54.6 Å². The molecule has 0 bridgehead atoms. The van der Waals surface area contributed by atoms with Crippen molar-refractivity contribution in [2.45, 2.75) is 50.2 Å². The van der Waals surface area contributed by atoms with Crippen molar-refractivity contribution < 1.29 is 19.4 Å². The molecule has 2 aromatic carbocycles. The average Bonchev–Trinajstić information content (AvgIpc) is 2.74. The fourth-order valence-electron chi connectivity index (χ4n) is 4.59. The summed E-state index contributed by atoms with van der Waals surface area (Å²) in [5.41, 5.74) is 0.923. The molecule has 2 aliphatic rings. The molecule has 1 spiro atoms. The molecular weight excluding hydrogens is 378 g/mol. The van der Waals surface area contributed by atoms with Gasteiger partial charge in [-0.25, -0.2) is 0 Å². The number of nitrogens with zero attached hydrogens (tertiary/aromatic N) is 1. The maximum Gasteiger partial charge on any atom is 0.253 e. The molecule has 5 nitrogen and oxygen atoms in total. The van der Waals surface area contributed by atoms with Crippen molar-refractivity contribution in [3.8, 4) is 5.75 Å². The fourth-order valence-corrected chi connectivity index (χ4v) is 4.59. The van der Waals surface area contributed by atoms with Gasteiger partial charge in [0, 0.05) is 31.5 Å². The van der Waals surface area contributed by atoms with Gasteiger partial charge in [-0.3, -0.25) is 4.79 Å². The molecular formula is C25H31NO4. The maximum absolute atomic E-state index is 13.0. The Bertz CT molecular complexity index is 856. The first-order valence-corrected chi connectivity index (χ1v) is 10.9. The lowest BCUT2D eigenvalue weighted by Crippen LogP contribution is -2.54. The molecule has 0 aliphatic carbocycles. The number of carbonyl (C=O) groups is 1. The zero-order valence-electron chi connectivity index (χ0n) is 17.7. The molecule has 160 valence electrons. The Hall–Kier alpha value is -2.37. The first-order valence-electron chi connectivity index (χ1n) is 10.9. The van der Waals surface area contributed by atoms with Crippen molar-refractivity contribution in [1.29, 1.82) is 0 Å². The molecule has 0 aromatic heterocycles. The molecule has 2 aromatic rings. The molecule has 1 N–H and O–H groups in total. The fraction of sp³-hybridized carbons (Fsp3) is 0.480. The summed E-state index contributed by atoms with van der Waals surface area (Å²) in [6.45, 7) is 4.34. The highest BCUT2D eigenvalue weighted by atomic mass is 16.5. The average molecular weight is 410 g/mol. The van der Waals surface area contributed by atoms with E-state index >= 15 is 0 Å². The van der Waals surface area contributed by atoms with Gasteiger partial charge in [0.25, 0.3) is 5.91 Å². The molecule has 2 saturated heterocycles. The Labute approximate surface area is 178 Å². The number of benzene rings is 2. The zero-order valence-corrected chi connectivity index (χ0v) is 17.7. The van der Waals surface area contributed by atoms with Gasteiger partial charge in [0.1, 0.15) is 5.75 Å². The molecule has 5 heteroatoms. The van der Waals surface area contributed by atoms with Crippen LogP contribution >= 0.6 is 0 Å². The van der Waals surface area contributed by atoms with Crippen LogP contribution in [0.25, 0.3) is 0 Å². The van der Waals surface area contributed by atoms with Crippen LogP contribution in [0.4, 0.5) is 0 Å². The quantitative estimate of drug-likeness (QED) is 0.815. The monoisotopic (exact) mass is 409 g/mol. The minimum atomic E-state index is -0.671. The normalized spacial score (nSPS) is 23.3. The van der Waals surface area contributed by atoms with Gasteiger partial charge in [-0.2, -0.15) is 0 Å². The van der Waals surface area contributed by atoms with Crippen LogP contribution in [0.3, 0.4) is 0 Å². The van der Waals surface area contributed by atoms with Crippen LogP contribution in [0.5, 0.6) is 5.75 Å². The second-order valence-corrected chi connectivity index (χ2v) is 8.86. The lowest BCUT2D eigenvalue weighted by molar-refractivity contribution is -0.170. The number of piperidine rings is 1. The van der Waals surface area contributed by atoms with Crippen LogP contribution in [0, 0.1) is 0 Å². The SMILES string of the molecule is CC1(O)CCOC2(CCN(C(=O)c3cccc(OCCc4ccccc4)c3)CC2)C1. The van der Waals surface area contributed by atoms with Crippen LogP contribution < -0.4 is 4.74 Å². The van der Waals surface area contributed by atoms with E-state index in [2.05, 4.69) is 12.1 Å².